The zero-order valence-corrected chi connectivity index (χ0v) is 10.4. The van der Waals surface area contributed by atoms with Crippen molar-refractivity contribution in [2.24, 2.45) is 0 Å². The number of nitrogens with zero attached hydrogens (tertiary/aromatic N) is 1. The molecular weight excluding hydrogens is 250 g/mol. The topological polar surface area (TPSA) is 54.5 Å². The van der Waals surface area contributed by atoms with Gasteiger partial charge in [0, 0.05) is 0 Å². The fourth-order valence-electron chi connectivity index (χ4n) is 1.85. The van der Waals surface area contributed by atoms with E-state index in [1.807, 2.05) is 0 Å². The maximum atomic E-state index is 12.0. The maximum absolute atomic E-state index is 12.0. The van der Waals surface area contributed by atoms with Crippen LogP contribution in [0.1, 0.15) is 21.5 Å². The Morgan fingerprint density at radius 2 is 1.81 bits per heavy atom. The molecule has 0 N–H and O–H groups in total. The third-order valence-corrected chi connectivity index (χ3v) is 4.96. The molecule has 0 radical (unpaired) electrons. The van der Waals surface area contributed by atoms with Gasteiger partial charge in [0.15, 0.2) is 0 Å². The molecule has 1 aliphatic heterocycles. The van der Waals surface area contributed by atoms with Crippen LogP contribution in [0.25, 0.3) is 0 Å². The van der Waals surface area contributed by atoms with Crippen molar-refractivity contribution in [3.8, 4) is 0 Å². The lowest BCUT2D eigenvalue weighted by Gasteiger charge is -2.10. The predicted molar refractivity (Wildman–Crippen MR) is 60.0 cm³/mol. The largest absolute Gasteiger partial charge is 0.270 e. The average molecular weight is 260 g/mol. The van der Waals surface area contributed by atoms with E-state index in [1.165, 1.54) is 0 Å². The first-order valence-corrected chi connectivity index (χ1v) is 6.62. The summed E-state index contributed by atoms with van der Waals surface area (Å²) in [5.41, 5.74) is 1.48. The van der Waals surface area contributed by atoms with Crippen LogP contribution in [0.3, 0.4) is 0 Å². The Kier molecular flexibility index (Phi) is 2.47. The molecule has 1 aromatic rings. The van der Waals surface area contributed by atoms with Crippen LogP contribution >= 0.6 is 11.6 Å². The lowest BCUT2D eigenvalue weighted by atomic mass is 10.1. The first-order chi connectivity index (χ1) is 7.41. The van der Waals surface area contributed by atoms with Gasteiger partial charge in [-0.25, -0.2) is 12.7 Å². The number of halogens is 1. The summed E-state index contributed by atoms with van der Waals surface area (Å²) in [6.07, 6.45) is 0. The van der Waals surface area contributed by atoms with E-state index in [1.54, 1.807) is 26.0 Å². The van der Waals surface area contributed by atoms with Gasteiger partial charge in [-0.1, -0.05) is 12.1 Å². The Balaban J connectivity index is 2.87. The van der Waals surface area contributed by atoms with E-state index in [0.717, 1.165) is 0 Å². The third kappa shape index (κ3) is 1.28. The zero-order chi connectivity index (χ0) is 12.1. The quantitative estimate of drug-likeness (QED) is 0.569. The van der Waals surface area contributed by atoms with Crippen molar-refractivity contribution in [2.75, 3.05) is 6.00 Å². The van der Waals surface area contributed by atoms with Crippen LogP contribution in [0.15, 0.2) is 17.0 Å². The zero-order valence-electron chi connectivity index (χ0n) is 8.82. The number of rotatable bonds is 1. The van der Waals surface area contributed by atoms with Gasteiger partial charge in [0.2, 0.25) is 0 Å². The number of carbonyl (C=O) groups excluding carboxylic acids is 1. The molecule has 2 rings (SSSR count). The summed E-state index contributed by atoms with van der Waals surface area (Å²) in [6, 6.07) is 3.07. The van der Waals surface area contributed by atoms with E-state index >= 15 is 0 Å². The minimum Gasteiger partial charge on any atom is -0.268 e. The number of hydrogen-bond acceptors (Lipinski definition) is 3. The van der Waals surface area contributed by atoms with E-state index in [2.05, 4.69) is 0 Å². The minimum absolute atomic E-state index is 0.0955. The summed E-state index contributed by atoms with van der Waals surface area (Å²) in [5.74, 6) is -0.536. The number of alkyl halides is 1. The van der Waals surface area contributed by atoms with Crippen LogP contribution < -0.4 is 0 Å². The summed E-state index contributed by atoms with van der Waals surface area (Å²) >= 11 is 5.51. The van der Waals surface area contributed by atoms with Crippen molar-refractivity contribution in [1.82, 2.24) is 4.31 Å². The van der Waals surface area contributed by atoms with E-state index in [0.29, 0.717) is 15.4 Å². The first-order valence-electron chi connectivity index (χ1n) is 4.64. The van der Waals surface area contributed by atoms with E-state index in [9.17, 15) is 13.2 Å². The maximum Gasteiger partial charge on any atom is 0.270 e. The van der Waals surface area contributed by atoms with Crippen molar-refractivity contribution in [2.45, 2.75) is 18.7 Å². The number of aryl methyl sites for hydroxylation is 2. The fraction of sp³-hybridized carbons (Fsp3) is 0.300. The van der Waals surface area contributed by atoms with E-state index < -0.39 is 15.9 Å². The summed E-state index contributed by atoms with van der Waals surface area (Å²) in [7, 11) is -3.75. The Bertz CT molecular complexity index is 580. The number of benzene rings is 1. The standard InChI is InChI=1S/C10H10ClNO3S/c1-6-3-4-7(2)9-8(6)10(13)12(5-11)16(9,14)15/h3-4H,5H2,1-2H3. The molecule has 0 fully saturated rings. The molecule has 4 nitrogen and oxygen atoms in total. The number of sulfonamides is 1. The molecule has 0 unspecified atom stereocenters. The van der Waals surface area contributed by atoms with Gasteiger partial charge in [0.05, 0.1) is 5.56 Å². The number of carbonyl (C=O) groups is 1. The summed E-state index contributed by atoms with van der Waals surface area (Å²) in [4.78, 5) is 12.0. The lowest BCUT2D eigenvalue weighted by molar-refractivity contribution is 0.0885. The van der Waals surface area contributed by atoms with Crippen molar-refractivity contribution in [1.29, 1.82) is 0 Å². The Hall–Kier alpha value is -1.07. The van der Waals surface area contributed by atoms with Gasteiger partial charge >= 0.3 is 0 Å². The number of fused-ring (bicyclic) bond motifs is 1. The molecular formula is C10H10ClNO3S. The number of hydrogen-bond donors (Lipinski definition) is 0. The van der Waals surface area contributed by atoms with Crippen molar-refractivity contribution >= 4 is 27.5 Å². The van der Waals surface area contributed by atoms with Crippen LogP contribution in [-0.2, 0) is 10.0 Å². The van der Waals surface area contributed by atoms with Crippen molar-refractivity contribution in [3.63, 3.8) is 0 Å². The molecule has 0 bridgehead atoms. The average Bonchev–Trinajstić information content (AvgIpc) is 2.41. The van der Waals surface area contributed by atoms with Gasteiger partial charge < -0.3 is 0 Å². The highest BCUT2D eigenvalue weighted by Crippen LogP contribution is 2.34. The minimum atomic E-state index is -3.75. The molecule has 0 saturated carbocycles. The summed E-state index contributed by atoms with van der Waals surface area (Å²) < 4.78 is 24.7. The van der Waals surface area contributed by atoms with Gasteiger partial charge in [-0.15, -0.1) is 11.6 Å². The second kappa shape index (κ2) is 3.46. The second-order valence-electron chi connectivity index (χ2n) is 3.68. The van der Waals surface area contributed by atoms with Gasteiger partial charge in [-0.05, 0) is 25.0 Å². The van der Waals surface area contributed by atoms with Crippen LogP contribution in [0.5, 0.6) is 0 Å². The first kappa shape index (κ1) is 11.4. The summed E-state index contributed by atoms with van der Waals surface area (Å²) in [5, 5.41) is 0. The Labute approximate surface area is 98.9 Å². The van der Waals surface area contributed by atoms with Crippen molar-refractivity contribution in [3.05, 3.63) is 28.8 Å². The molecule has 16 heavy (non-hydrogen) atoms. The molecule has 1 amide bonds. The van der Waals surface area contributed by atoms with Gasteiger partial charge in [0.1, 0.15) is 10.9 Å². The summed E-state index contributed by atoms with van der Waals surface area (Å²) in [6.45, 7) is 3.38. The highest BCUT2D eigenvalue weighted by molar-refractivity contribution is 7.90. The Morgan fingerprint density at radius 3 is 2.31 bits per heavy atom. The molecule has 1 aromatic carbocycles. The predicted octanol–water partition coefficient (Wildman–Crippen LogP) is 1.64. The van der Waals surface area contributed by atoms with Gasteiger partial charge in [-0.3, -0.25) is 4.79 Å². The number of amides is 1. The smallest absolute Gasteiger partial charge is 0.268 e. The van der Waals surface area contributed by atoms with E-state index in [-0.39, 0.29) is 16.5 Å². The van der Waals surface area contributed by atoms with E-state index in [4.69, 9.17) is 11.6 Å². The lowest BCUT2D eigenvalue weighted by Crippen LogP contribution is -2.28. The molecule has 0 aliphatic carbocycles. The second-order valence-corrected chi connectivity index (χ2v) is 5.72. The highest BCUT2D eigenvalue weighted by Gasteiger charge is 2.42. The van der Waals surface area contributed by atoms with Crippen LogP contribution in [0.4, 0.5) is 0 Å². The Morgan fingerprint density at radius 1 is 1.25 bits per heavy atom. The fourth-order valence-corrected chi connectivity index (χ4v) is 3.98. The molecule has 6 heteroatoms. The molecule has 0 saturated heterocycles. The molecule has 86 valence electrons. The van der Waals surface area contributed by atoms with Crippen molar-refractivity contribution < 1.29 is 13.2 Å². The van der Waals surface area contributed by atoms with Gasteiger partial charge in [0.25, 0.3) is 15.9 Å². The third-order valence-electron chi connectivity index (χ3n) is 2.66. The van der Waals surface area contributed by atoms with Crippen LogP contribution in [0.2, 0.25) is 0 Å². The highest BCUT2D eigenvalue weighted by atomic mass is 35.5. The van der Waals surface area contributed by atoms with Crippen LogP contribution in [-0.4, -0.2) is 24.6 Å². The molecule has 0 aromatic heterocycles. The SMILES string of the molecule is Cc1ccc(C)c2c1C(=O)N(CCl)S2(=O)=O. The molecule has 1 heterocycles. The molecule has 1 aliphatic rings. The molecule has 0 spiro atoms. The van der Waals surface area contributed by atoms with Crippen LogP contribution in [0, 0.1) is 13.8 Å². The monoisotopic (exact) mass is 259 g/mol. The molecule has 0 atom stereocenters. The normalized spacial score (nSPS) is 17.7. The van der Waals surface area contributed by atoms with Gasteiger partial charge in [-0.2, -0.15) is 0 Å².